The first kappa shape index (κ1) is 24.2. The lowest BCUT2D eigenvalue weighted by Gasteiger charge is -2.36. The van der Waals surface area contributed by atoms with Gasteiger partial charge in [0.05, 0.1) is 0 Å². The number of anilines is 2. The molecule has 0 spiro atoms. The Morgan fingerprint density at radius 2 is 1.74 bits per heavy atom. The van der Waals surface area contributed by atoms with Crippen molar-refractivity contribution in [2.24, 2.45) is 0 Å². The Bertz CT molecular complexity index is 1450. The van der Waals surface area contributed by atoms with Gasteiger partial charge >= 0.3 is 0 Å². The van der Waals surface area contributed by atoms with Gasteiger partial charge in [0.2, 0.25) is 5.95 Å². The third-order valence-electron chi connectivity index (χ3n) is 7.26. The van der Waals surface area contributed by atoms with Crippen molar-refractivity contribution in [1.29, 1.82) is 0 Å². The highest BCUT2D eigenvalue weighted by Crippen LogP contribution is 2.26. The molecule has 4 aromatic rings. The van der Waals surface area contributed by atoms with Gasteiger partial charge in [-0.2, -0.15) is 4.98 Å². The van der Waals surface area contributed by atoms with Gasteiger partial charge in [-0.15, -0.1) is 5.10 Å². The number of rotatable bonds is 8. The van der Waals surface area contributed by atoms with Gasteiger partial charge in [-0.1, -0.05) is 30.8 Å². The summed E-state index contributed by atoms with van der Waals surface area (Å²) in [6.45, 7) is 11.3. The van der Waals surface area contributed by atoms with Crippen LogP contribution in [-0.4, -0.2) is 62.5 Å². The van der Waals surface area contributed by atoms with Crippen molar-refractivity contribution < 1.29 is 4.79 Å². The number of carbonyl (C=O) groups excluding carboxylic acids is 1. The number of pyridine rings is 1. The molecule has 0 radical (unpaired) electrons. The summed E-state index contributed by atoms with van der Waals surface area (Å²) in [5.41, 5.74) is 6.88. The zero-order chi connectivity index (χ0) is 26.1. The molecule has 2 aromatic heterocycles. The summed E-state index contributed by atoms with van der Waals surface area (Å²) >= 11 is 0. The van der Waals surface area contributed by atoms with E-state index in [-0.39, 0.29) is 5.91 Å². The summed E-state index contributed by atoms with van der Waals surface area (Å²) in [4.78, 5) is 21.9. The van der Waals surface area contributed by atoms with E-state index in [1.165, 1.54) is 5.56 Å². The molecule has 1 aliphatic carbocycles. The fraction of sp³-hybridized carbons (Fsp3) is 0.300. The molecule has 0 atom stereocenters. The van der Waals surface area contributed by atoms with Crippen molar-refractivity contribution in [3.63, 3.8) is 0 Å². The van der Waals surface area contributed by atoms with Crippen LogP contribution in [0.2, 0.25) is 0 Å². The van der Waals surface area contributed by atoms with Crippen LogP contribution in [0.4, 0.5) is 11.6 Å². The Morgan fingerprint density at radius 1 is 1.00 bits per heavy atom. The van der Waals surface area contributed by atoms with Crippen LogP contribution in [0.5, 0.6) is 0 Å². The molecule has 1 aliphatic heterocycles. The van der Waals surface area contributed by atoms with Crippen molar-refractivity contribution in [3.05, 3.63) is 90.3 Å². The van der Waals surface area contributed by atoms with Crippen LogP contribution in [0.3, 0.4) is 0 Å². The summed E-state index contributed by atoms with van der Waals surface area (Å²) in [5.74, 6) is 0.490. The number of hydrogen-bond acceptors (Lipinski definition) is 6. The molecule has 3 heterocycles. The maximum Gasteiger partial charge on any atom is 0.251 e. The molecule has 1 saturated carbocycles. The first-order valence-electron chi connectivity index (χ1n) is 13.3. The van der Waals surface area contributed by atoms with E-state index >= 15 is 0 Å². The predicted octanol–water partition coefficient (Wildman–Crippen LogP) is 4.68. The minimum Gasteiger partial charge on any atom is -0.373 e. The van der Waals surface area contributed by atoms with Gasteiger partial charge in [0, 0.05) is 67.5 Å². The molecule has 38 heavy (non-hydrogen) atoms. The Labute approximate surface area is 223 Å². The molecule has 0 unspecified atom stereocenters. The molecule has 1 amide bonds. The number of carbonyl (C=O) groups is 1. The molecule has 194 valence electrons. The van der Waals surface area contributed by atoms with Crippen LogP contribution < -0.4 is 10.6 Å². The number of benzene rings is 2. The molecule has 2 fully saturated rings. The molecular weight excluding hydrogens is 474 g/mol. The largest absolute Gasteiger partial charge is 0.373 e. The van der Waals surface area contributed by atoms with E-state index in [1.807, 2.05) is 36.5 Å². The van der Waals surface area contributed by atoms with Crippen LogP contribution in [-0.2, 0) is 6.54 Å². The topological polar surface area (TPSA) is 77.8 Å². The lowest BCUT2D eigenvalue weighted by Crippen LogP contribution is -2.44. The van der Waals surface area contributed by atoms with Gasteiger partial charge in [-0.3, -0.25) is 9.69 Å². The zero-order valence-corrected chi connectivity index (χ0v) is 21.7. The van der Waals surface area contributed by atoms with Gasteiger partial charge in [-0.05, 0) is 67.3 Å². The van der Waals surface area contributed by atoms with E-state index in [4.69, 9.17) is 4.98 Å². The summed E-state index contributed by atoms with van der Waals surface area (Å²) in [7, 11) is 0. The third kappa shape index (κ3) is 5.40. The lowest BCUT2D eigenvalue weighted by molar-refractivity contribution is 0.0951. The number of allylic oxidation sites excluding steroid dienone is 1. The van der Waals surface area contributed by atoms with Crippen molar-refractivity contribution >= 4 is 23.2 Å². The SMILES string of the molecule is C=C(C)N1CCN(Cc2ccc(-c3cccn4nc(Nc5ccc(C(=O)NC6CC6)cc5)nc34)cc2)CC1. The predicted molar refractivity (Wildman–Crippen MR) is 150 cm³/mol. The molecule has 8 nitrogen and oxygen atoms in total. The quantitative estimate of drug-likeness (QED) is 0.361. The van der Waals surface area contributed by atoms with Gasteiger partial charge < -0.3 is 15.5 Å². The molecule has 2 N–H and O–H groups in total. The van der Waals surface area contributed by atoms with E-state index in [0.717, 1.165) is 73.7 Å². The Morgan fingerprint density at radius 3 is 2.42 bits per heavy atom. The number of nitrogens with one attached hydrogen (secondary N) is 2. The van der Waals surface area contributed by atoms with Crippen LogP contribution in [0.25, 0.3) is 16.8 Å². The first-order valence-corrected chi connectivity index (χ1v) is 13.3. The maximum absolute atomic E-state index is 12.2. The monoisotopic (exact) mass is 507 g/mol. The van der Waals surface area contributed by atoms with Crippen molar-refractivity contribution in [2.75, 3.05) is 31.5 Å². The third-order valence-corrected chi connectivity index (χ3v) is 7.26. The molecule has 2 aromatic carbocycles. The highest BCUT2D eigenvalue weighted by Gasteiger charge is 2.23. The minimum atomic E-state index is -0.0223. The van der Waals surface area contributed by atoms with Crippen molar-refractivity contribution in [1.82, 2.24) is 29.7 Å². The molecule has 6 rings (SSSR count). The van der Waals surface area contributed by atoms with Crippen LogP contribution in [0, 0.1) is 0 Å². The van der Waals surface area contributed by atoms with Crippen LogP contribution in [0.1, 0.15) is 35.7 Å². The van der Waals surface area contributed by atoms with E-state index < -0.39 is 0 Å². The summed E-state index contributed by atoms with van der Waals surface area (Å²) in [6.07, 6.45) is 4.05. The maximum atomic E-state index is 12.2. The Kier molecular flexibility index (Phi) is 6.55. The molecule has 1 saturated heterocycles. The average Bonchev–Trinajstić information content (AvgIpc) is 3.65. The zero-order valence-electron chi connectivity index (χ0n) is 21.7. The minimum absolute atomic E-state index is 0.0223. The molecule has 2 aliphatic rings. The van der Waals surface area contributed by atoms with Gasteiger partial charge in [0.1, 0.15) is 0 Å². The highest BCUT2D eigenvalue weighted by molar-refractivity contribution is 5.95. The fourth-order valence-corrected chi connectivity index (χ4v) is 4.85. The van der Waals surface area contributed by atoms with E-state index in [2.05, 4.69) is 69.4 Å². The second kappa shape index (κ2) is 10.3. The standard InChI is InChI=1S/C30H33N7O/c1-21(2)36-18-16-35(17-19-36)20-22-5-7-23(8-6-22)27-4-3-15-37-28(27)33-30(34-37)32-26-11-9-24(10-12-26)29(38)31-25-13-14-25/h3-12,15,25H,1,13-14,16-20H2,2H3,(H,31,38)(H,32,34). The average molecular weight is 508 g/mol. The lowest BCUT2D eigenvalue weighted by atomic mass is 10.0. The van der Waals surface area contributed by atoms with E-state index in [1.54, 1.807) is 4.52 Å². The number of fused-ring (bicyclic) bond motifs is 1. The van der Waals surface area contributed by atoms with E-state index in [9.17, 15) is 4.79 Å². The second-order valence-corrected chi connectivity index (χ2v) is 10.3. The smallest absolute Gasteiger partial charge is 0.251 e. The molecule has 8 heteroatoms. The van der Waals surface area contributed by atoms with Crippen molar-refractivity contribution in [3.8, 4) is 11.1 Å². The summed E-state index contributed by atoms with van der Waals surface area (Å²) in [6, 6.07) is 20.6. The first-order chi connectivity index (χ1) is 18.5. The van der Waals surface area contributed by atoms with Crippen LogP contribution >= 0.6 is 0 Å². The highest BCUT2D eigenvalue weighted by atomic mass is 16.1. The number of piperazine rings is 1. The molecular formula is C30H33N7O. The molecule has 0 bridgehead atoms. The van der Waals surface area contributed by atoms with E-state index in [0.29, 0.717) is 17.6 Å². The number of aromatic nitrogens is 3. The summed E-state index contributed by atoms with van der Waals surface area (Å²) in [5, 5.41) is 10.9. The second-order valence-electron chi connectivity index (χ2n) is 10.3. The van der Waals surface area contributed by atoms with Gasteiger partial charge in [0.15, 0.2) is 5.65 Å². The van der Waals surface area contributed by atoms with Gasteiger partial charge in [0.25, 0.3) is 5.91 Å². The number of nitrogens with zero attached hydrogens (tertiary/aromatic N) is 5. The van der Waals surface area contributed by atoms with Crippen LogP contribution in [0.15, 0.2) is 79.1 Å². The van der Waals surface area contributed by atoms with Crippen molar-refractivity contribution in [2.45, 2.75) is 32.4 Å². The summed E-state index contributed by atoms with van der Waals surface area (Å²) < 4.78 is 1.80. The number of amides is 1. The van der Waals surface area contributed by atoms with Gasteiger partial charge in [-0.25, -0.2) is 4.52 Å². The normalized spacial score (nSPS) is 16.0. The number of hydrogen-bond donors (Lipinski definition) is 2. The Hall–Kier alpha value is -4.17. The Balaban J connectivity index is 1.13. The fourth-order valence-electron chi connectivity index (χ4n) is 4.85.